The predicted molar refractivity (Wildman–Crippen MR) is 77.9 cm³/mol. The van der Waals surface area contributed by atoms with E-state index >= 15 is 0 Å². The van der Waals surface area contributed by atoms with Gasteiger partial charge in [-0.25, -0.2) is 9.37 Å². The number of carbonyl (C=O) groups is 2. The van der Waals surface area contributed by atoms with E-state index in [0.29, 0.717) is 17.2 Å². The summed E-state index contributed by atoms with van der Waals surface area (Å²) in [5, 5.41) is 2.70. The summed E-state index contributed by atoms with van der Waals surface area (Å²) < 4.78 is 12.8. The van der Waals surface area contributed by atoms with E-state index in [9.17, 15) is 14.0 Å². The first-order chi connectivity index (χ1) is 10.5. The van der Waals surface area contributed by atoms with E-state index in [2.05, 4.69) is 15.3 Å². The van der Waals surface area contributed by atoms with Gasteiger partial charge in [0.05, 0.1) is 18.3 Å². The monoisotopic (exact) mass is 300 g/mol. The maximum atomic E-state index is 12.8. The molecule has 0 spiro atoms. The highest BCUT2D eigenvalue weighted by molar-refractivity contribution is 6.09. The standard InChI is InChI=1S/C15H13FN4O2/c1-9-4-12-15(18-6-9)20(8-13(21)19-12)14(22)5-11-3-2-10(16)7-17-11/h2-4,6-7H,5,8H2,1H3,(H,19,21). The number of anilines is 2. The molecule has 0 saturated carbocycles. The lowest BCUT2D eigenvalue weighted by Gasteiger charge is -2.28. The molecular weight excluding hydrogens is 287 g/mol. The molecule has 1 N–H and O–H groups in total. The Labute approximate surface area is 126 Å². The maximum Gasteiger partial charge on any atom is 0.244 e. The number of aromatic nitrogens is 2. The number of hydrogen-bond donors (Lipinski definition) is 1. The lowest BCUT2D eigenvalue weighted by atomic mass is 10.2. The molecule has 22 heavy (non-hydrogen) atoms. The van der Waals surface area contributed by atoms with Crippen LogP contribution in [0, 0.1) is 12.7 Å². The van der Waals surface area contributed by atoms with Crippen LogP contribution >= 0.6 is 0 Å². The van der Waals surface area contributed by atoms with Crippen LogP contribution in [0.15, 0.2) is 30.6 Å². The van der Waals surface area contributed by atoms with Crippen molar-refractivity contribution >= 4 is 23.3 Å². The van der Waals surface area contributed by atoms with Crippen LogP contribution < -0.4 is 10.2 Å². The summed E-state index contributed by atoms with van der Waals surface area (Å²) in [6.45, 7) is 1.76. The molecule has 0 unspecified atom stereocenters. The minimum Gasteiger partial charge on any atom is -0.321 e. The van der Waals surface area contributed by atoms with Gasteiger partial charge in [0.2, 0.25) is 11.8 Å². The average molecular weight is 300 g/mol. The fourth-order valence-corrected chi connectivity index (χ4v) is 2.24. The Morgan fingerprint density at radius 1 is 1.36 bits per heavy atom. The Hall–Kier alpha value is -2.83. The van der Waals surface area contributed by atoms with E-state index in [1.54, 1.807) is 12.3 Å². The number of pyridine rings is 2. The first kappa shape index (κ1) is 14.1. The number of aryl methyl sites for hydroxylation is 1. The largest absolute Gasteiger partial charge is 0.321 e. The molecule has 1 aliphatic heterocycles. The second kappa shape index (κ2) is 5.51. The summed E-state index contributed by atoms with van der Waals surface area (Å²) in [4.78, 5) is 33.6. The van der Waals surface area contributed by atoms with Crippen LogP contribution in [0.4, 0.5) is 15.9 Å². The van der Waals surface area contributed by atoms with Crippen LogP contribution in [-0.4, -0.2) is 28.3 Å². The predicted octanol–water partition coefficient (Wildman–Crippen LogP) is 1.45. The SMILES string of the molecule is Cc1cnc2c(c1)NC(=O)CN2C(=O)Cc1ccc(F)cn1. The number of amides is 2. The van der Waals surface area contributed by atoms with Crippen molar-refractivity contribution < 1.29 is 14.0 Å². The molecule has 0 bridgehead atoms. The van der Waals surface area contributed by atoms with Crippen molar-refractivity contribution in [3.05, 3.63) is 47.7 Å². The van der Waals surface area contributed by atoms with E-state index in [-0.39, 0.29) is 24.8 Å². The summed E-state index contributed by atoms with van der Waals surface area (Å²) in [7, 11) is 0. The second-order valence-electron chi connectivity index (χ2n) is 5.06. The number of hydrogen-bond acceptors (Lipinski definition) is 4. The molecule has 1 aliphatic rings. The number of fused-ring (bicyclic) bond motifs is 1. The molecule has 3 rings (SSSR count). The molecule has 0 aromatic carbocycles. The first-order valence-corrected chi connectivity index (χ1v) is 6.70. The molecule has 2 aromatic rings. The van der Waals surface area contributed by atoms with Crippen molar-refractivity contribution in [3.63, 3.8) is 0 Å². The summed E-state index contributed by atoms with van der Waals surface area (Å²) in [5.41, 5.74) is 1.83. The molecule has 7 heteroatoms. The highest BCUT2D eigenvalue weighted by Crippen LogP contribution is 2.28. The van der Waals surface area contributed by atoms with Crippen molar-refractivity contribution in [2.75, 3.05) is 16.8 Å². The van der Waals surface area contributed by atoms with Gasteiger partial charge in [0.25, 0.3) is 0 Å². The Bertz CT molecular complexity index is 746. The number of carbonyl (C=O) groups excluding carboxylic acids is 2. The van der Waals surface area contributed by atoms with Crippen LogP contribution in [-0.2, 0) is 16.0 Å². The molecule has 2 amide bonds. The van der Waals surface area contributed by atoms with Crippen molar-refractivity contribution in [1.29, 1.82) is 0 Å². The van der Waals surface area contributed by atoms with Gasteiger partial charge >= 0.3 is 0 Å². The van der Waals surface area contributed by atoms with Gasteiger partial charge in [-0.05, 0) is 30.7 Å². The molecule has 0 radical (unpaired) electrons. The van der Waals surface area contributed by atoms with Gasteiger partial charge in [-0.3, -0.25) is 19.5 Å². The molecule has 0 atom stereocenters. The third kappa shape index (κ3) is 2.78. The molecular formula is C15H13FN4O2. The minimum absolute atomic E-state index is 0.0252. The number of halogens is 1. The van der Waals surface area contributed by atoms with Gasteiger partial charge < -0.3 is 5.32 Å². The van der Waals surface area contributed by atoms with Crippen molar-refractivity contribution in [3.8, 4) is 0 Å². The number of rotatable bonds is 2. The first-order valence-electron chi connectivity index (χ1n) is 6.70. The van der Waals surface area contributed by atoms with Crippen molar-refractivity contribution in [2.24, 2.45) is 0 Å². The maximum absolute atomic E-state index is 12.8. The quantitative estimate of drug-likeness (QED) is 0.911. The zero-order chi connectivity index (χ0) is 15.7. The van der Waals surface area contributed by atoms with Crippen molar-refractivity contribution in [2.45, 2.75) is 13.3 Å². The van der Waals surface area contributed by atoms with E-state index in [1.165, 1.54) is 17.0 Å². The summed E-state index contributed by atoms with van der Waals surface area (Å²) in [6, 6.07) is 4.45. The zero-order valence-corrected chi connectivity index (χ0v) is 11.8. The van der Waals surface area contributed by atoms with Gasteiger partial charge in [0, 0.05) is 11.9 Å². The van der Waals surface area contributed by atoms with Crippen LogP contribution in [0.2, 0.25) is 0 Å². The molecule has 3 heterocycles. The minimum atomic E-state index is -0.462. The smallest absolute Gasteiger partial charge is 0.244 e. The summed E-state index contributed by atoms with van der Waals surface area (Å²) in [6.07, 6.45) is 2.66. The topological polar surface area (TPSA) is 75.2 Å². The van der Waals surface area contributed by atoms with E-state index in [0.717, 1.165) is 11.8 Å². The number of nitrogens with one attached hydrogen (secondary N) is 1. The third-order valence-electron chi connectivity index (χ3n) is 3.26. The summed E-state index contributed by atoms with van der Waals surface area (Å²) in [5.74, 6) is -0.639. The molecule has 0 aliphatic carbocycles. The highest BCUT2D eigenvalue weighted by atomic mass is 19.1. The Morgan fingerprint density at radius 2 is 2.18 bits per heavy atom. The zero-order valence-electron chi connectivity index (χ0n) is 11.8. The molecule has 2 aromatic heterocycles. The number of nitrogens with zero attached hydrogens (tertiary/aromatic N) is 3. The van der Waals surface area contributed by atoms with Gasteiger partial charge in [0.1, 0.15) is 12.4 Å². The van der Waals surface area contributed by atoms with Gasteiger partial charge in [-0.2, -0.15) is 0 Å². The van der Waals surface area contributed by atoms with Gasteiger partial charge in [0.15, 0.2) is 5.82 Å². The van der Waals surface area contributed by atoms with Crippen LogP contribution in [0.25, 0.3) is 0 Å². The van der Waals surface area contributed by atoms with Gasteiger partial charge in [-0.15, -0.1) is 0 Å². The lowest BCUT2D eigenvalue weighted by molar-refractivity contribution is -0.121. The Morgan fingerprint density at radius 3 is 2.91 bits per heavy atom. The Balaban J connectivity index is 1.86. The Kier molecular flexibility index (Phi) is 3.54. The average Bonchev–Trinajstić information content (AvgIpc) is 2.48. The lowest BCUT2D eigenvalue weighted by Crippen LogP contribution is -2.43. The van der Waals surface area contributed by atoms with Crippen LogP contribution in [0.1, 0.15) is 11.3 Å². The van der Waals surface area contributed by atoms with Crippen molar-refractivity contribution in [1.82, 2.24) is 9.97 Å². The second-order valence-corrected chi connectivity index (χ2v) is 5.06. The summed E-state index contributed by atoms with van der Waals surface area (Å²) >= 11 is 0. The van der Waals surface area contributed by atoms with Crippen LogP contribution in [0.5, 0.6) is 0 Å². The normalized spacial score (nSPS) is 13.5. The molecule has 0 saturated heterocycles. The molecule has 6 nitrogen and oxygen atoms in total. The van der Waals surface area contributed by atoms with E-state index in [1.807, 2.05) is 6.92 Å². The van der Waals surface area contributed by atoms with Gasteiger partial charge in [-0.1, -0.05) is 0 Å². The highest BCUT2D eigenvalue weighted by Gasteiger charge is 2.28. The van der Waals surface area contributed by atoms with E-state index < -0.39 is 5.82 Å². The fourth-order valence-electron chi connectivity index (χ4n) is 2.24. The fraction of sp³-hybridized carbons (Fsp3) is 0.200. The van der Waals surface area contributed by atoms with Crippen LogP contribution in [0.3, 0.4) is 0 Å². The van der Waals surface area contributed by atoms with E-state index in [4.69, 9.17) is 0 Å². The molecule has 112 valence electrons. The molecule has 0 fully saturated rings. The third-order valence-corrected chi connectivity index (χ3v) is 3.26.